The second-order valence-corrected chi connectivity index (χ2v) is 6.73. The van der Waals surface area contributed by atoms with Gasteiger partial charge in [-0.05, 0) is 6.42 Å². The van der Waals surface area contributed by atoms with Crippen LogP contribution in [0.15, 0.2) is 0 Å². The van der Waals surface area contributed by atoms with Crippen LogP contribution in [0.5, 0.6) is 0 Å². The number of hydrogen-bond donors (Lipinski definition) is 2. The summed E-state index contributed by atoms with van der Waals surface area (Å²) in [6.07, 6.45) is 14.1. The molecule has 0 aliphatic rings. The molecule has 150 valence electrons. The average Bonchev–Trinajstić information content (AvgIpc) is 2.63. The minimum atomic E-state index is -3.55. The molecule has 0 unspecified atom stereocenters. The fourth-order valence-corrected chi connectivity index (χ4v) is 2.88. The van der Waals surface area contributed by atoms with E-state index in [4.69, 9.17) is 6.85 Å². The van der Waals surface area contributed by atoms with Gasteiger partial charge in [-0.25, -0.2) is 0 Å². The number of ether oxygens (including phenoxy) is 1. The molecule has 0 saturated carbocycles. The number of hydrogen-bond acceptors (Lipinski definition) is 4. The summed E-state index contributed by atoms with van der Waals surface area (Å²) >= 11 is 0. The Hall–Kier alpha value is -0.610. The first kappa shape index (κ1) is 16.6. The molecule has 0 aromatic carbocycles. The van der Waals surface area contributed by atoms with E-state index in [1.54, 1.807) is 0 Å². The fourth-order valence-electron chi connectivity index (χ4n) is 2.88. The van der Waals surface area contributed by atoms with Gasteiger partial charge in [0.1, 0.15) is 6.08 Å². The van der Waals surface area contributed by atoms with Gasteiger partial charge < -0.3 is 14.9 Å². The SMILES string of the molecule is [2H]C([2H])(O)C([2H])(OC(=O)CCCCCCCCCCCCCCCCC)C([2H])([2H])O. The fraction of sp³-hybridized carbons (Fsp3) is 0.952. The molecule has 0 aromatic heterocycles. The molecular formula is C21H42O4. The van der Waals surface area contributed by atoms with E-state index < -0.39 is 25.2 Å². The van der Waals surface area contributed by atoms with Crippen LogP contribution >= 0.6 is 0 Å². The molecule has 0 aromatic rings. The topological polar surface area (TPSA) is 66.8 Å². The predicted molar refractivity (Wildman–Crippen MR) is 104 cm³/mol. The minimum Gasteiger partial charge on any atom is -0.457 e. The lowest BCUT2D eigenvalue weighted by molar-refractivity contribution is -0.153. The van der Waals surface area contributed by atoms with Crippen molar-refractivity contribution in [3.63, 3.8) is 0 Å². The maximum Gasteiger partial charge on any atom is 0.306 e. The molecule has 0 aliphatic carbocycles. The summed E-state index contributed by atoms with van der Waals surface area (Å²) in [6, 6.07) is 0. The smallest absolute Gasteiger partial charge is 0.306 e. The van der Waals surface area contributed by atoms with E-state index in [0.29, 0.717) is 6.42 Å². The number of esters is 1. The summed E-state index contributed by atoms with van der Waals surface area (Å²) in [4.78, 5) is 11.8. The van der Waals surface area contributed by atoms with Crippen molar-refractivity contribution >= 4 is 5.97 Å². The second kappa shape index (κ2) is 19.7. The number of rotatable bonds is 19. The summed E-state index contributed by atoms with van der Waals surface area (Å²) in [7, 11) is 0. The van der Waals surface area contributed by atoms with Gasteiger partial charge in [-0.1, -0.05) is 96.8 Å². The first-order valence-electron chi connectivity index (χ1n) is 12.6. The Labute approximate surface area is 162 Å². The lowest BCUT2D eigenvalue weighted by Gasteiger charge is -2.12. The van der Waals surface area contributed by atoms with Crippen LogP contribution in [0, 0.1) is 0 Å². The third kappa shape index (κ3) is 18.0. The molecule has 0 aliphatic heterocycles. The van der Waals surface area contributed by atoms with Gasteiger partial charge in [-0.2, -0.15) is 0 Å². The Bertz CT molecular complexity index is 436. The standard InChI is InChI=1S/C21H42O4/c1-2-3-4-5-6-7-8-9-10-11-12-13-14-15-16-17-21(24)25-20(18-22)19-23/h20,22-23H,2-19H2,1H3/i18D2,19D2,20D. The van der Waals surface area contributed by atoms with E-state index in [1.807, 2.05) is 0 Å². The van der Waals surface area contributed by atoms with Crippen LogP contribution in [0.1, 0.15) is 117 Å². The van der Waals surface area contributed by atoms with Gasteiger partial charge in [0, 0.05) is 6.42 Å². The zero-order valence-corrected chi connectivity index (χ0v) is 16.0. The van der Waals surface area contributed by atoms with Gasteiger partial charge in [0.2, 0.25) is 0 Å². The Kier molecular flexibility index (Phi) is 13.1. The van der Waals surface area contributed by atoms with Gasteiger partial charge >= 0.3 is 5.97 Å². The lowest BCUT2D eigenvalue weighted by atomic mass is 10.0. The number of carbonyl (C=O) groups is 1. The van der Waals surface area contributed by atoms with E-state index in [9.17, 15) is 15.0 Å². The molecule has 0 rings (SSSR count). The highest BCUT2D eigenvalue weighted by Gasteiger charge is 2.11. The Morgan fingerprint density at radius 3 is 1.52 bits per heavy atom. The normalized spacial score (nSPS) is 15.7. The van der Waals surface area contributed by atoms with Crippen LogP contribution < -0.4 is 0 Å². The van der Waals surface area contributed by atoms with E-state index in [0.717, 1.165) is 25.7 Å². The van der Waals surface area contributed by atoms with Crippen LogP contribution in [0.3, 0.4) is 0 Å². The van der Waals surface area contributed by atoms with Crippen molar-refractivity contribution in [1.82, 2.24) is 0 Å². The Morgan fingerprint density at radius 2 is 1.16 bits per heavy atom. The molecular weight excluding hydrogens is 316 g/mol. The highest BCUT2D eigenvalue weighted by atomic mass is 16.6. The van der Waals surface area contributed by atoms with Crippen molar-refractivity contribution in [2.45, 2.75) is 116 Å². The Morgan fingerprint density at radius 1 is 0.800 bits per heavy atom. The summed E-state index contributed by atoms with van der Waals surface area (Å²) in [5.41, 5.74) is 0. The average molecular weight is 364 g/mol. The summed E-state index contributed by atoms with van der Waals surface area (Å²) < 4.78 is 40.4. The molecule has 0 saturated heterocycles. The number of carbonyl (C=O) groups excluding carboxylic acids is 1. The molecule has 0 radical (unpaired) electrons. The highest BCUT2D eigenvalue weighted by molar-refractivity contribution is 5.69. The van der Waals surface area contributed by atoms with Crippen molar-refractivity contribution in [2.75, 3.05) is 13.1 Å². The molecule has 0 spiro atoms. The molecule has 0 bridgehead atoms. The van der Waals surface area contributed by atoms with E-state index in [-0.39, 0.29) is 6.42 Å². The van der Waals surface area contributed by atoms with Crippen molar-refractivity contribution in [3.8, 4) is 0 Å². The summed E-state index contributed by atoms with van der Waals surface area (Å²) in [5.74, 6) is -1.02. The van der Waals surface area contributed by atoms with Crippen molar-refractivity contribution < 1.29 is 26.6 Å². The van der Waals surface area contributed by atoms with Gasteiger partial charge in [0.25, 0.3) is 0 Å². The van der Waals surface area contributed by atoms with Gasteiger partial charge in [0.05, 0.1) is 20.0 Å². The third-order valence-corrected chi connectivity index (χ3v) is 4.40. The van der Waals surface area contributed by atoms with Gasteiger partial charge in [-0.3, -0.25) is 4.79 Å². The first-order valence-corrected chi connectivity index (χ1v) is 10.1. The van der Waals surface area contributed by atoms with Crippen molar-refractivity contribution in [3.05, 3.63) is 0 Å². The number of aliphatic hydroxyl groups is 2. The predicted octanol–water partition coefficient (Wildman–Crippen LogP) is 5.14. The van der Waals surface area contributed by atoms with Crippen LogP contribution in [-0.2, 0) is 9.53 Å². The van der Waals surface area contributed by atoms with Crippen molar-refractivity contribution in [1.29, 1.82) is 0 Å². The molecule has 4 heteroatoms. The van der Waals surface area contributed by atoms with Crippen molar-refractivity contribution in [2.24, 2.45) is 0 Å². The zero-order chi connectivity index (χ0) is 23.1. The van der Waals surface area contributed by atoms with Crippen LogP contribution in [-0.4, -0.2) is 35.4 Å². The van der Waals surface area contributed by atoms with Gasteiger partial charge in [0.15, 0.2) is 0 Å². The monoisotopic (exact) mass is 363 g/mol. The zero-order valence-electron chi connectivity index (χ0n) is 21.0. The molecule has 25 heavy (non-hydrogen) atoms. The van der Waals surface area contributed by atoms with Gasteiger partial charge in [-0.15, -0.1) is 0 Å². The Balaban J connectivity index is 3.70. The van der Waals surface area contributed by atoms with E-state index in [2.05, 4.69) is 11.7 Å². The van der Waals surface area contributed by atoms with Crippen LogP contribution in [0.25, 0.3) is 0 Å². The van der Waals surface area contributed by atoms with E-state index in [1.165, 1.54) is 64.2 Å². The van der Waals surface area contributed by atoms with Crippen LogP contribution in [0.2, 0.25) is 0 Å². The van der Waals surface area contributed by atoms with E-state index >= 15 is 0 Å². The maximum absolute atomic E-state index is 11.8. The molecule has 0 atom stereocenters. The largest absolute Gasteiger partial charge is 0.457 e. The molecule has 2 N–H and O–H groups in total. The highest BCUT2D eigenvalue weighted by Crippen LogP contribution is 2.13. The first-order chi connectivity index (χ1) is 14.0. The lowest BCUT2D eigenvalue weighted by Crippen LogP contribution is -2.25. The molecule has 0 heterocycles. The minimum absolute atomic E-state index is 0.120. The molecule has 4 nitrogen and oxygen atoms in total. The summed E-state index contributed by atoms with van der Waals surface area (Å²) in [5, 5.41) is 18.6. The summed E-state index contributed by atoms with van der Waals surface area (Å²) in [6.45, 7) is -4.86. The number of unbranched alkanes of at least 4 members (excludes halogenated alkanes) is 14. The van der Waals surface area contributed by atoms with Crippen LogP contribution in [0.4, 0.5) is 0 Å². The third-order valence-electron chi connectivity index (χ3n) is 4.40. The molecule has 0 fully saturated rings. The second-order valence-electron chi connectivity index (χ2n) is 6.73. The quantitative estimate of drug-likeness (QED) is 0.246. The maximum atomic E-state index is 11.8. The molecule has 0 amide bonds.